The molecular weight excluding hydrogens is 254 g/mol. The van der Waals surface area contributed by atoms with Crippen molar-refractivity contribution in [1.82, 2.24) is 15.3 Å². The van der Waals surface area contributed by atoms with Gasteiger partial charge in [-0.25, -0.2) is 4.98 Å². The van der Waals surface area contributed by atoms with Crippen LogP contribution in [0.2, 0.25) is 0 Å². The van der Waals surface area contributed by atoms with E-state index in [0.29, 0.717) is 5.92 Å². The SMILES string of the molecule is CNCc1[nH]c(Br)nc1C1CCCCC1. The molecule has 0 radical (unpaired) electrons. The standard InChI is InChI=1S/C11H18BrN3/c1-13-7-9-10(15-11(12)14-9)8-5-3-2-4-6-8/h8,13H,2-7H2,1H3,(H,14,15). The van der Waals surface area contributed by atoms with Crippen LogP contribution in [0.3, 0.4) is 0 Å². The Morgan fingerprint density at radius 3 is 2.80 bits per heavy atom. The second kappa shape index (κ2) is 5.12. The number of aromatic amines is 1. The van der Waals surface area contributed by atoms with E-state index in [4.69, 9.17) is 0 Å². The van der Waals surface area contributed by atoms with Crippen molar-refractivity contribution in [2.24, 2.45) is 0 Å². The van der Waals surface area contributed by atoms with Gasteiger partial charge in [0.05, 0.1) is 11.4 Å². The molecule has 1 aliphatic rings. The Hall–Kier alpha value is -0.350. The van der Waals surface area contributed by atoms with Crippen LogP contribution in [0.1, 0.15) is 49.4 Å². The van der Waals surface area contributed by atoms with Crippen molar-refractivity contribution in [3.05, 3.63) is 16.1 Å². The Kier molecular flexibility index (Phi) is 3.81. The van der Waals surface area contributed by atoms with Gasteiger partial charge in [-0.3, -0.25) is 0 Å². The summed E-state index contributed by atoms with van der Waals surface area (Å²) in [6.07, 6.45) is 6.70. The zero-order chi connectivity index (χ0) is 10.7. The molecule has 1 heterocycles. The lowest BCUT2D eigenvalue weighted by atomic mass is 9.86. The molecule has 3 nitrogen and oxygen atoms in total. The fourth-order valence-corrected chi connectivity index (χ4v) is 2.85. The molecule has 0 spiro atoms. The topological polar surface area (TPSA) is 40.7 Å². The molecule has 0 aliphatic heterocycles. The summed E-state index contributed by atoms with van der Waals surface area (Å²) in [6, 6.07) is 0. The highest BCUT2D eigenvalue weighted by atomic mass is 79.9. The second-order valence-electron chi connectivity index (χ2n) is 4.26. The van der Waals surface area contributed by atoms with Crippen molar-refractivity contribution in [2.45, 2.75) is 44.6 Å². The molecule has 0 aromatic carbocycles. The van der Waals surface area contributed by atoms with E-state index in [9.17, 15) is 0 Å². The normalized spacial score (nSPS) is 18.3. The number of rotatable bonds is 3. The average molecular weight is 272 g/mol. The highest BCUT2D eigenvalue weighted by Crippen LogP contribution is 2.33. The number of imidazole rings is 1. The monoisotopic (exact) mass is 271 g/mol. The molecular formula is C11H18BrN3. The highest BCUT2D eigenvalue weighted by molar-refractivity contribution is 9.10. The van der Waals surface area contributed by atoms with E-state index < -0.39 is 0 Å². The van der Waals surface area contributed by atoms with E-state index in [1.165, 1.54) is 43.5 Å². The van der Waals surface area contributed by atoms with Crippen molar-refractivity contribution in [3.63, 3.8) is 0 Å². The molecule has 84 valence electrons. The van der Waals surface area contributed by atoms with E-state index in [1.807, 2.05) is 7.05 Å². The maximum absolute atomic E-state index is 4.57. The zero-order valence-corrected chi connectivity index (χ0v) is 10.7. The van der Waals surface area contributed by atoms with Gasteiger partial charge >= 0.3 is 0 Å². The number of nitrogens with zero attached hydrogens (tertiary/aromatic N) is 1. The first-order valence-electron chi connectivity index (χ1n) is 5.70. The van der Waals surface area contributed by atoms with Crippen molar-refractivity contribution < 1.29 is 0 Å². The molecule has 15 heavy (non-hydrogen) atoms. The summed E-state index contributed by atoms with van der Waals surface area (Å²) in [5, 5.41) is 3.18. The third kappa shape index (κ3) is 2.61. The number of aromatic nitrogens is 2. The highest BCUT2D eigenvalue weighted by Gasteiger charge is 2.21. The van der Waals surface area contributed by atoms with Gasteiger partial charge in [0.1, 0.15) is 0 Å². The molecule has 1 saturated carbocycles. The minimum Gasteiger partial charge on any atom is -0.335 e. The minimum absolute atomic E-state index is 0.671. The summed E-state index contributed by atoms with van der Waals surface area (Å²) in [5.74, 6) is 0.671. The van der Waals surface area contributed by atoms with Gasteiger partial charge in [-0.2, -0.15) is 0 Å². The van der Waals surface area contributed by atoms with Crippen LogP contribution < -0.4 is 5.32 Å². The van der Waals surface area contributed by atoms with Gasteiger partial charge in [-0.15, -0.1) is 0 Å². The summed E-state index contributed by atoms with van der Waals surface area (Å²) in [4.78, 5) is 7.86. The number of H-pyrrole nitrogens is 1. The maximum Gasteiger partial charge on any atom is 0.174 e. The van der Waals surface area contributed by atoms with E-state index >= 15 is 0 Å². The molecule has 2 N–H and O–H groups in total. The maximum atomic E-state index is 4.57. The molecule has 1 aromatic rings. The molecule has 4 heteroatoms. The molecule has 1 fully saturated rings. The largest absolute Gasteiger partial charge is 0.335 e. The lowest BCUT2D eigenvalue weighted by molar-refractivity contribution is 0.434. The van der Waals surface area contributed by atoms with Gasteiger partial charge in [-0.05, 0) is 35.8 Å². The molecule has 0 bridgehead atoms. The van der Waals surface area contributed by atoms with Crippen LogP contribution in [-0.2, 0) is 6.54 Å². The van der Waals surface area contributed by atoms with Crippen LogP contribution in [0.4, 0.5) is 0 Å². The van der Waals surface area contributed by atoms with Gasteiger partial charge in [-0.1, -0.05) is 19.3 Å². The Balaban J connectivity index is 2.17. The second-order valence-corrected chi connectivity index (χ2v) is 5.01. The van der Waals surface area contributed by atoms with Gasteiger partial charge in [0.2, 0.25) is 0 Å². The Labute approximate surface area is 99.2 Å². The molecule has 0 atom stereocenters. The molecule has 0 saturated heterocycles. The lowest BCUT2D eigenvalue weighted by Crippen LogP contribution is -2.12. The molecule has 2 rings (SSSR count). The minimum atomic E-state index is 0.671. The van der Waals surface area contributed by atoms with E-state index in [-0.39, 0.29) is 0 Å². The Bertz CT molecular complexity index is 316. The molecule has 0 unspecified atom stereocenters. The van der Waals surface area contributed by atoms with E-state index in [2.05, 4.69) is 31.2 Å². The summed E-state index contributed by atoms with van der Waals surface area (Å²) < 4.78 is 0.869. The Morgan fingerprint density at radius 2 is 2.13 bits per heavy atom. The number of hydrogen-bond acceptors (Lipinski definition) is 2. The van der Waals surface area contributed by atoms with Crippen molar-refractivity contribution in [3.8, 4) is 0 Å². The quantitative estimate of drug-likeness (QED) is 0.888. The van der Waals surface area contributed by atoms with Crippen LogP contribution in [0.25, 0.3) is 0 Å². The first kappa shape index (κ1) is 11.1. The smallest absolute Gasteiger partial charge is 0.174 e. The fourth-order valence-electron chi connectivity index (χ4n) is 2.41. The van der Waals surface area contributed by atoms with Crippen LogP contribution >= 0.6 is 15.9 Å². The molecule has 1 aromatic heterocycles. The fraction of sp³-hybridized carbons (Fsp3) is 0.727. The van der Waals surface area contributed by atoms with Gasteiger partial charge < -0.3 is 10.3 Å². The average Bonchev–Trinajstić information content (AvgIpc) is 2.62. The summed E-state index contributed by atoms with van der Waals surface area (Å²) in [7, 11) is 1.97. The number of nitrogens with one attached hydrogen (secondary N) is 2. The zero-order valence-electron chi connectivity index (χ0n) is 9.15. The first-order chi connectivity index (χ1) is 7.31. The summed E-state index contributed by atoms with van der Waals surface area (Å²) in [6.45, 7) is 0.879. The van der Waals surface area contributed by atoms with Crippen molar-refractivity contribution >= 4 is 15.9 Å². The lowest BCUT2D eigenvalue weighted by Gasteiger charge is -2.20. The summed E-state index contributed by atoms with van der Waals surface area (Å²) >= 11 is 3.43. The summed E-state index contributed by atoms with van der Waals surface area (Å²) in [5.41, 5.74) is 2.52. The van der Waals surface area contributed by atoms with Crippen LogP contribution in [-0.4, -0.2) is 17.0 Å². The number of hydrogen-bond donors (Lipinski definition) is 2. The predicted octanol–water partition coefficient (Wildman–Crippen LogP) is 2.94. The van der Waals surface area contributed by atoms with Gasteiger partial charge in [0.25, 0.3) is 0 Å². The van der Waals surface area contributed by atoms with Gasteiger partial charge in [0, 0.05) is 12.5 Å². The molecule has 1 aliphatic carbocycles. The van der Waals surface area contributed by atoms with E-state index in [1.54, 1.807) is 0 Å². The number of halogens is 1. The van der Waals surface area contributed by atoms with Gasteiger partial charge in [0.15, 0.2) is 4.73 Å². The van der Waals surface area contributed by atoms with Crippen LogP contribution in [0.15, 0.2) is 4.73 Å². The van der Waals surface area contributed by atoms with Crippen LogP contribution in [0, 0.1) is 0 Å². The Morgan fingerprint density at radius 1 is 1.40 bits per heavy atom. The van der Waals surface area contributed by atoms with Crippen molar-refractivity contribution in [1.29, 1.82) is 0 Å². The van der Waals surface area contributed by atoms with E-state index in [0.717, 1.165) is 11.3 Å². The first-order valence-corrected chi connectivity index (χ1v) is 6.49. The van der Waals surface area contributed by atoms with Crippen LogP contribution in [0.5, 0.6) is 0 Å². The third-order valence-corrected chi connectivity index (χ3v) is 3.50. The predicted molar refractivity (Wildman–Crippen MR) is 64.9 cm³/mol. The van der Waals surface area contributed by atoms with Crippen molar-refractivity contribution in [2.75, 3.05) is 7.05 Å². The molecule has 0 amide bonds. The third-order valence-electron chi connectivity index (χ3n) is 3.13.